The standard InChI is InChI=1S/C5H12N2OS.C5H11NOS/c1-2-7-5(8)4(6)3-9;1-2-6-5(7)3-4-8/h4,9H,2-3,6H2,1H3,(H,7,8);8H,2-4H2,1H3,(H,6,7)/t4-;/m0./s1. The molecule has 2 amide bonds. The zero-order valence-corrected chi connectivity index (χ0v) is 12.2. The van der Waals surface area contributed by atoms with Crippen LogP contribution in [0.2, 0.25) is 0 Å². The molecule has 0 unspecified atom stereocenters. The third-order valence-corrected chi connectivity index (χ3v) is 2.21. The third kappa shape index (κ3) is 13.5. The molecule has 0 spiro atoms. The van der Waals surface area contributed by atoms with Gasteiger partial charge in [0.2, 0.25) is 11.8 Å². The molecule has 17 heavy (non-hydrogen) atoms. The van der Waals surface area contributed by atoms with E-state index in [1.807, 2.05) is 13.8 Å². The number of carbonyl (C=O) groups is 2. The Balaban J connectivity index is 0. The van der Waals surface area contributed by atoms with Crippen molar-refractivity contribution in [3.05, 3.63) is 0 Å². The molecular weight excluding hydrogens is 258 g/mol. The highest BCUT2D eigenvalue weighted by atomic mass is 32.1. The van der Waals surface area contributed by atoms with Crippen molar-refractivity contribution in [1.82, 2.24) is 10.6 Å². The van der Waals surface area contributed by atoms with Gasteiger partial charge < -0.3 is 16.4 Å². The van der Waals surface area contributed by atoms with Crippen LogP contribution >= 0.6 is 25.3 Å². The Morgan fingerprint density at radius 1 is 1.18 bits per heavy atom. The highest BCUT2D eigenvalue weighted by Crippen LogP contribution is 1.82. The molecular formula is C10H23N3O2S2. The largest absolute Gasteiger partial charge is 0.356 e. The second-order valence-electron chi connectivity index (χ2n) is 3.11. The van der Waals surface area contributed by atoms with E-state index < -0.39 is 6.04 Å². The van der Waals surface area contributed by atoms with E-state index in [-0.39, 0.29) is 11.8 Å². The minimum absolute atomic E-state index is 0.0856. The van der Waals surface area contributed by atoms with Crippen molar-refractivity contribution in [3.63, 3.8) is 0 Å². The molecule has 0 saturated carbocycles. The maximum atomic E-state index is 10.7. The summed E-state index contributed by atoms with van der Waals surface area (Å²) < 4.78 is 0. The summed E-state index contributed by atoms with van der Waals surface area (Å²) in [6, 6.07) is -0.465. The zero-order chi connectivity index (χ0) is 13.7. The van der Waals surface area contributed by atoms with Crippen LogP contribution < -0.4 is 16.4 Å². The first kappa shape index (κ1) is 19.0. The first-order valence-corrected chi connectivity index (χ1v) is 6.81. The van der Waals surface area contributed by atoms with Gasteiger partial charge in [-0.3, -0.25) is 9.59 Å². The molecule has 0 fully saturated rings. The topological polar surface area (TPSA) is 84.2 Å². The Bertz CT molecular complexity index is 208. The van der Waals surface area contributed by atoms with Crippen molar-refractivity contribution in [2.24, 2.45) is 5.73 Å². The minimum atomic E-state index is -0.465. The van der Waals surface area contributed by atoms with E-state index in [2.05, 4.69) is 35.9 Å². The van der Waals surface area contributed by atoms with Gasteiger partial charge >= 0.3 is 0 Å². The molecule has 0 aromatic heterocycles. The van der Waals surface area contributed by atoms with Gasteiger partial charge in [-0.1, -0.05) is 0 Å². The zero-order valence-electron chi connectivity index (χ0n) is 10.4. The number of likely N-dealkylation sites (N-methyl/N-ethyl adjacent to an activating group) is 1. The lowest BCUT2D eigenvalue weighted by Gasteiger charge is -2.06. The van der Waals surface area contributed by atoms with Crippen LogP contribution in [0.1, 0.15) is 20.3 Å². The van der Waals surface area contributed by atoms with Crippen molar-refractivity contribution in [1.29, 1.82) is 0 Å². The predicted molar refractivity (Wildman–Crippen MR) is 77.7 cm³/mol. The molecule has 102 valence electrons. The van der Waals surface area contributed by atoms with Gasteiger partial charge in [-0.2, -0.15) is 25.3 Å². The van der Waals surface area contributed by atoms with Gasteiger partial charge in [0, 0.05) is 25.3 Å². The molecule has 0 aliphatic carbocycles. The Morgan fingerprint density at radius 3 is 2.06 bits per heavy atom. The summed E-state index contributed by atoms with van der Waals surface area (Å²) in [4.78, 5) is 21.2. The molecule has 0 heterocycles. The summed E-state index contributed by atoms with van der Waals surface area (Å²) >= 11 is 7.75. The second-order valence-corrected chi connectivity index (χ2v) is 3.92. The molecule has 0 bridgehead atoms. The number of rotatable bonds is 6. The van der Waals surface area contributed by atoms with Crippen LogP contribution in [-0.4, -0.2) is 42.5 Å². The summed E-state index contributed by atoms with van der Waals surface area (Å²) in [5, 5.41) is 5.24. The molecule has 1 atom stereocenters. The highest BCUT2D eigenvalue weighted by molar-refractivity contribution is 7.80. The Hall–Kier alpha value is -0.400. The van der Waals surface area contributed by atoms with Gasteiger partial charge in [0.1, 0.15) is 0 Å². The summed E-state index contributed by atoms with van der Waals surface area (Å²) in [6.45, 7) is 5.09. The second kappa shape index (κ2) is 13.7. The van der Waals surface area contributed by atoms with Crippen LogP contribution in [0, 0.1) is 0 Å². The van der Waals surface area contributed by atoms with Gasteiger partial charge in [0.05, 0.1) is 6.04 Å². The van der Waals surface area contributed by atoms with Gasteiger partial charge in [-0.25, -0.2) is 0 Å². The number of thiol groups is 2. The normalized spacial score (nSPS) is 10.9. The van der Waals surface area contributed by atoms with Crippen molar-refractivity contribution >= 4 is 37.1 Å². The van der Waals surface area contributed by atoms with E-state index in [4.69, 9.17) is 5.73 Å². The number of amides is 2. The first-order chi connectivity index (χ1) is 8.03. The van der Waals surface area contributed by atoms with E-state index in [1.165, 1.54) is 0 Å². The van der Waals surface area contributed by atoms with Crippen LogP contribution in [-0.2, 0) is 9.59 Å². The predicted octanol–water partition coefficient (Wildman–Crippen LogP) is -0.178. The molecule has 4 N–H and O–H groups in total. The molecule has 0 aromatic carbocycles. The van der Waals surface area contributed by atoms with E-state index in [1.54, 1.807) is 0 Å². The maximum absolute atomic E-state index is 10.7. The van der Waals surface area contributed by atoms with E-state index in [0.717, 1.165) is 0 Å². The third-order valence-electron chi connectivity index (χ3n) is 1.60. The monoisotopic (exact) mass is 281 g/mol. The molecule has 5 nitrogen and oxygen atoms in total. The lowest BCUT2D eigenvalue weighted by atomic mass is 10.3. The first-order valence-electron chi connectivity index (χ1n) is 5.55. The molecule has 0 aromatic rings. The minimum Gasteiger partial charge on any atom is -0.356 e. The quantitative estimate of drug-likeness (QED) is 0.438. The number of hydrogen-bond acceptors (Lipinski definition) is 5. The van der Waals surface area contributed by atoms with E-state index in [9.17, 15) is 9.59 Å². The summed E-state index contributed by atoms with van der Waals surface area (Å²) in [6.07, 6.45) is 0.525. The van der Waals surface area contributed by atoms with E-state index >= 15 is 0 Å². The van der Waals surface area contributed by atoms with Crippen LogP contribution in [0.25, 0.3) is 0 Å². The summed E-state index contributed by atoms with van der Waals surface area (Å²) in [5.74, 6) is 0.979. The van der Waals surface area contributed by atoms with E-state index in [0.29, 0.717) is 31.0 Å². The van der Waals surface area contributed by atoms with Crippen molar-refractivity contribution in [3.8, 4) is 0 Å². The molecule has 0 aliphatic rings. The van der Waals surface area contributed by atoms with Gasteiger partial charge in [-0.05, 0) is 19.6 Å². The number of hydrogen-bond donors (Lipinski definition) is 5. The molecule has 0 rings (SSSR count). The van der Waals surface area contributed by atoms with Crippen LogP contribution in [0.4, 0.5) is 0 Å². The van der Waals surface area contributed by atoms with Crippen LogP contribution in [0.5, 0.6) is 0 Å². The van der Waals surface area contributed by atoms with Crippen molar-refractivity contribution < 1.29 is 9.59 Å². The average Bonchev–Trinajstić information content (AvgIpc) is 2.30. The van der Waals surface area contributed by atoms with Crippen molar-refractivity contribution in [2.45, 2.75) is 26.3 Å². The Labute approximate surface area is 114 Å². The lowest BCUT2D eigenvalue weighted by molar-refractivity contribution is -0.122. The number of nitrogens with one attached hydrogen (secondary N) is 2. The van der Waals surface area contributed by atoms with Gasteiger partial charge in [-0.15, -0.1) is 0 Å². The smallest absolute Gasteiger partial charge is 0.237 e. The highest BCUT2D eigenvalue weighted by Gasteiger charge is 2.08. The molecule has 0 aliphatic heterocycles. The maximum Gasteiger partial charge on any atom is 0.237 e. The molecule has 0 saturated heterocycles. The Kier molecular flexibility index (Phi) is 15.2. The van der Waals surface area contributed by atoms with Crippen LogP contribution in [0.15, 0.2) is 0 Å². The number of nitrogens with two attached hydrogens (primary N) is 1. The molecule has 7 heteroatoms. The van der Waals surface area contributed by atoms with Gasteiger partial charge in [0.25, 0.3) is 0 Å². The number of carbonyl (C=O) groups excluding carboxylic acids is 2. The summed E-state index contributed by atoms with van der Waals surface area (Å²) in [5.41, 5.74) is 5.31. The van der Waals surface area contributed by atoms with Crippen molar-refractivity contribution in [2.75, 3.05) is 24.6 Å². The van der Waals surface area contributed by atoms with Gasteiger partial charge in [0.15, 0.2) is 0 Å². The summed E-state index contributed by atoms with van der Waals surface area (Å²) in [7, 11) is 0. The SMILES string of the molecule is CCNC(=O)CCS.CCNC(=O)[C@@H](N)CS. The fraction of sp³-hybridized carbons (Fsp3) is 0.800. The van der Waals surface area contributed by atoms with Crippen LogP contribution in [0.3, 0.4) is 0 Å². The average molecular weight is 281 g/mol. The molecule has 0 radical (unpaired) electrons. The fourth-order valence-electron chi connectivity index (χ4n) is 0.775. The fourth-order valence-corrected chi connectivity index (χ4v) is 1.14. The Morgan fingerprint density at radius 2 is 1.71 bits per heavy atom. The lowest BCUT2D eigenvalue weighted by Crippen LogP contribution is -2.41.